The van der Waals surface area contributed by atoms with Crippen LogP contribution in [0.4, 0.5) is 5.82 Å². The predicted molar refractivity (Wildman–Crippen MR) is 46.1 cm³/mol. The van der Waals surface area contributed by atoms with Crippen molar-refractivity contribution in [3.05, 3.63) is 18.6 Å². The van der Waals surface area contributed by atoms with Crippen LogP contribution < -0.4 is 4.90 Å². The molecule has 1 aromatic rings. The van der Waals surface area contributed by atoms with Crippen LogP contribution in [0.1, 0.15) is 0 Å². The van der Waals surface area contributed by atoms with E-state index >= 15 is 0 Å². The maximum atomic E-state index is 5.31. The number of hydrogen-bond acceptors (Lipinski definition) is 5. The summed E-state index contributed by atoms with van der Waals surface area (Å²) in [5.74, 6) is 0.790. The molecule has 1 aliphatic rings. The lowest BCUT2D eigenvalue weighted by Gasteiger charge is -2.22. The van der Waals surface area contributed by atoms with Gasteiger partial charge in [0.25, 0.3) is 0 Å². The highest BCUT2D eigenvalue weighted by molar-refractivity contribution is 5.34. The quantitative estimate of drug-likeness (QED) is 0.654. The minimum absolute atomic E-state index is 0.0447. The predicted octanol–water partition coefficient (Wildman–Crippen LogP) is 0.243. The maximum absolute atomic E-state index is 5.31. The van der Waals surface area contributed by atoms with Crippen LogP contribution in [0.25, 0.3) is 0 Å². The van der Waals surface area contributed by atoms with Gasteiger partial charge in [-0.2, -0.15) is 0 Å². The summed E-state index contributed by atoms with van der Waals surface area (Å²) in [5.41, 5.74) is 0. The fraction of sp³-hybridized carbons (Fsp3) is 0.500. The second-order valence-electron chi connectivity index (χ2n) is 2.78. The Morgan fingerprint density at radius 1 is 1.54 bits per heavy atom. The first-order valence-electron chi connectivity index (χ1n) is 4.06. The average Bonchev–Trinajstić information content (AvgIpc) is 2.71. The minimum atomic E-state index is -0.0447. The second kappa shape index (κ2) is 3.68. The molecule has 0 N–H and O–H groups in total. The van der Waals surface area contributed by atoms with Crippen LogP contribution in [-0.4, -0.2) is 36.6 Å². The Hall–Kier alpha value is -1.20. The zero-order valence-corrected chi connectivity index (χ0v) is 7.38. The molecular formula is C8H11N3O2. The molecule has 0 radical (unpaired) electrons. The van der Waals surface area contributed by atoms with Crippen molar-refractivity contribution in [3.8, 4) is 0 Å². The molecule has 70 valence electrons. The van der Waals surface area contributed by atoms with E-state index in [0.717, 1.165) is 5.82 Å². The summed E-state index contributed by atoms with van der Waals surface area (Å²) in [6, 6.07) is 0. The molecule has 1 aliphatic heterocycles. The first-order valence-corrected chi connectivity index (χ1v) is 4.06. The van der Waals surface area contributed by atoms with Crippen molar-refractivity contribution in [1.82, 2.24) is 9.97 Å². The molecule has 1 atom stereocenters. The third kappa shape index (κ3) is 1.76. The van der Waals surface area contributed by atoms with E-state index in [1.54, 1.807) is 18.6 Å². The van der Waals surface area contributed by atoms with E-state index in [1.807, 2.05) is 11.9 Å². The number of aromatic nitrogens is 2. The van der Waals surface area contributed by atoms with Gasteiger partial charge in [0.2, 0.25) is 0 Å². The monoisotopic (exact) mass is 181 g/mol. The fourth-order valence-electron chi connectivity index (χ4n) is 1.17. The highest BCUT2D eigenvalue weighted by Crippen LogP contribution is 2.13. The van der Waals surface area contributed by atoms with E-state index < -0.39 is 0 Å². The van der Waals surface area contributed by atoms with E-state index in [2.05, 4.69) is 9.97 Å². The lowest BCUT2D eigenvalue weighted by molar-refractivity contribution is 0.0470. The molecule has 1 aromatic heterocycles. The number of hydrogen-bond donors (Lipinski definition) is 0. The zero-order valence-electron chi connectivity index (χ0n) is 7.38. The molecule has 0 amide bonds. The zero-order chi connectivity index (χ0) is 9.10. The highest BCUT2D eigenvalue weighted by atomic mass is 16.7. The van der Waals surface area contributed by atoms with E-state index in [1.165, 1.54) is 0 Å². The average molecular weight is 181 g/mol. The summed E-state index contributed by atoms with van der Waals surface area (Å²) in [7, 11) is 1.91. The minimum Gasteiger partial charge on any atom is -0.351 e. The van der Waals surface area contributed by atoms with Crippen LogP contribution in [0.5, 0.6) is 0 Å². The molecule has 5 heteroatoms. The van der Waals surface area contributed by atoms with Gasteiger partial charge in [0.15, 0.2) is 6.23 Å². The molecular weight excluding hydrogens is 170 g/mol. The van der Waals surface area contributed by atoms with Crippen LogP contribution >= 0.6 is 0 Å². The summed E-state index contributed by atoms with van der Waals surface area (Å²) in [4.78, 5) is 10.0. The van der Waals surface area contributed by atoms with Gasteiger partial charge < -0.3 is 14.4 Å². The summed E-state index contributed by atoms with van der Waals surface area (Å²) in [5, 5.41) is 0. The third-order valence-corrected chi connectivity index (χ3v) is 1.95. The molecule has 13 heavy (non-hydrogen) atoms. The molecule has 0 saturated carbocycles. The Morgan fingerprint density at radius 3 is 3.08 bits per heavy atom. The molecule has 1 fully saturated rings. The first kappa shape index (κ1) is 8.40. The van der Waals surface area contributed by atoms with E-state index in [9.17, 15) is 0 Å². The van der Waals surface area contributed by atoms with Crippen LogP contribution in [-0.2, 0) is 9.47 Å². The van der Waals surface area contributed by atoms with Gasteiger partial charge in [-0.05, 0) is 0 Å². The summed E-state index contributed by atoms with van der Waals surface area (Å²) >= 11 is 0. The number of anilines is 1. The molecule has 0 aromatic carbocycles. The number of ether oxygens (including phenoxy) is 2. The number of likely N-dealkylation sites (N-methyl/N-ethyl adjacent to an activating group) is 1. The van der Waals surface area contributed by atoms with Gasteiger partial charge in [-0.3, -0.25) is 4.98 Å². The van der Waals surface area contributed by atoms with Gasteiger partial charge >= 0.3 is 0 Å². The lowest BCUT2D eigenvalue weighted by Crippen LogP contribution is -2.33. The largest absolute Gasteiger partial charge is 0.351 e. The van der Waals surface area contributed by atoms with Gasteiger partial charge in [-0.1, -0.05) is 0 Å². The standard InChI is InChI=1S/C8H11N3O2/c1-11(8-5-12-6-13-8)7-4-9-2-3-10-7/h2-4,8H,5-6H2,1H3. The first-order chi connectivity index (χ1) is 6.38. The SMILES string of the molecule is CN(c1cnccn1)C1COCO1. The highest BCUT2D eigenvalue weighted by Gasteiger charge is 2.21. The van der Waals surface area contributed by atoms with E-state index in [4.69, 9.17) is 9.47 Å². The van der Waals surface area contributed by atoms with Crippen LogP contribution in [0.15, 0.2) is 18.6 Å². The van der Waals surface area contributed by atoms with Crippen LogP contribution in [0.3, 0.4) is 0 Å². The molecule has 1 unspecified atom stereocenters. The number of rotatable bonds is 2. The van der Waals surface area contributed by atoms with Crippen LogP contribution in [0, 0.1) is 0 Å². The Balaban J connectivity index is 2.08. The summed E-state index contributed by atoms with van der Waals surface area (Å²) in [6.07, 6.45) is 4.95. The smallest absolute Gasteiger partial charge is 0.157 e. The molecule has 1 saturated heterocycles. The molecule has 2 rings (SSSR count). The number of nitrogens with zero attached hydrogens (tertiary/aromatic N) is 3. The van der Waals surface area contributed by atoms with Gasteiger partial charge in [0.1, 0.15) is 12.6 Å². The van der Waals surface area contributed by atoms with E-state index in [-0.39, 0.29) is 6.23 Å². The molecule has 2 heterocycles. The maximum Gasteiger partial charge on any atom is 0.157 e. The fourth-order valence-corrected chi connectivity index (χ4v) is 1.17. The Morgan fingerprint density at radius 2 is 2.46 bits per heavy atom. The third-order valence-electron chi connectivity index (χ3n) is 1.95. The van der Waals surface area contributed by atoms with Crippen molar-refractivity contribution in [3.63, 3.8) is 0 Å². The molecule has 0 aliphatic carbocycles. The summed E-state index contributed by atoms with van der Waals surface area (Å²) < 4.78 is 10.4. The molecule has 5 nitrogen and oxygen atoms in total. The Labute approximate surface area is 76.3 Å². The van der Waals surface area contributed by atoms with Gasteiger partial charge in [-0.15, -0.1) is 0 Å². The molecule has 0 bridgehead atoms. The molecule has 0 spiro atoms. The van der Waals surface area contributed by atoms with Crippen molar-refractivity contribution in [2.45, 2.75) is 6.23 Å². The summed E-state index contributed by atoms with van der Waals surface area (Å²) in [6.45, 7) is 0.933. The van der Waals surface area contributed by atoms with Crippen molar-refractivity contribution in [2.75, 3.05) is 25.3 Å². The van der Waals surface area contributed by atoms with Gasteiger partial charge in [0, 0.05) is 19.4 Å². The lowest BCUT2D eigenvalue weighted by atomic mass is 10.5. The van der Waals surface area contributed by atoms with Crippen molar-refractivity contribution in [2.24, 2.45) is 0 Å². The van der Waals surface area contributed by atoms with Gasteiger partial charge in [-0.25, -0.2) is 4.98 Å². The Bertz CT molecular complexity index is 261. The Kier molecular flexibility index (Phi) is 2.37. The van der Waals surface area contributed by atoms with Crippen molar-refractivity contribution >= 4 is 5.82 Å². The van der Waals surface area contributed by atoms with Crippen molar-refractivity contribution < 1.29 is 9.47 Å². The van der Waals surface area contributed by atoms with E-state index in [0.29, 0.717) is 13.4 Å². The van der Waals surface area contributed by atoms with Gasteiger partial charge in [0.05, 0.1) is 12.8 Å². The normalized spacial score (nSPS) is 21.8. The van der Waals surface area contributed by atoms with Crippen LogP contribution in [0.2, 0.25) is 0 Å². The second-order valence-corrected chi connectivity index (χ2v) is 2.78. The van der Waals surface area contributed by atoms with Crippen molar-refractivity contribution in [1.29, 1.82) is 0 Å². The topological polar surface area (TPSA) is 47.5 Å².